The Labute approximate surface area is 103 Å². The topological polar surface area (TPSA) is 42.2 Å². The summed E-state index contributed by atoms with van der Waals surface area (Å²) in [6.07, 6.45) is 6.60. The van der Waals surface area contributed by atoms with Gasteiger partial charge < -0.3 is 10.6 Å². The second-order valence-electron chi connectivity index (χ2n) is 5.62. The summed E-state index contributed by atoms with van der Waals surface area (Å²) in [6, 6.07) is 2.66. The van der Waals surface area contributed by atoms with E-state index in [2.05, 4.69) is 29.2 Å². The molecule has 0 radical (unpaired) electrons. The molecule has 1 aromatic rings. The van der Waals surface area contributed by atoms with Gasteiger partial charge >= 0.3 is 0 Å². The van der Waals surface area contributed by atoms with E-state index >= 15 is 0 Å². The van der Waals surface area contributed by atoms with Gasteiger partial charge in [-0.05, 0) is 56.4 Å². The molecule has 0 aromatic carbocycles. The first-order valence-corrected chi connectivity index (χ1v) is 6.64. The molecule has 2 heterocycles. The number of hydrogen-bond acceptors (Lipinski definition) is 3. The molecule has 0 saturated carbocycles. The molecule has 0 bridgehead atoms. The molecule has 2 aliphatic rings. The molecule has 1 unspecified atom stereocenters. The summed E-state index contributed by atoms with van der Waals surface area (Å²) in [4.78, 5) is 7.02. The summed E-state index contributed by atoms with van der Waals surface area (Å²) < 4.78 is 0. The molecule has 92 valence electrons. The van der Waals surface area contributed by atoms with Crippen LogP contribution in [-0.4, -0.2) is 36.1 Å². The van der Waals surface area contributed by atoms with Gasteiger partial charge in [0.2, 0.25) is 0 Å². The number of pyridine rings is 1. The van der Waals surface area contributed by atoms with Crippen LogP contribution in [0.25, 0.3) is 0 Å². The van der Waals surface area contributed by atoms with E-state index in [0.29, 0.717) is 12.0 Å². The van der Waals surface area contributed by atoms with E-state index in [1.54, 1.807) is 0 Å². The number of hydrogen-bond donors (Lipinski definition) is 1. The van der Waals surface area contributed by atoms with Crippen LogP contribution in [0.3, 0.4) is 0 Å². The minimum atomic E-state index is 0.297. The highest BCUT2D eigenvalue weighted by Crippen LogP contribution is 2.30. The maximum absolute atomic E-state index is 5.99. The third kappa shape index (κ3) is 2.22. The van der Waals surface area contributed by atoms with E-state index < -0.39 is 0 Å². The summed E-state index contributed by atoms with van der Waals surface area (Å²) in [7, 11) is 2.20. The van der Waals surface area contributed by atoms with E-state index in [4.69, 9.17) is 5.73 Å². The molecule has 3 heteroatoms. The molecule has 3 rings (SSSR count). The summed E-state index contributed by atoms with van der Waals surface area (Å²) in [5.41, 5.74) is 10.0. The van der Waals surface area contributed by atoms with Gasteiger partial charge in [-0.25, -0.2) is 0 Å². The Morgan fingerprint density at radius 1 is 1.29 bits per heavy atom. The van der Waals surface area contributed by atoms with Gasteiger partial charge in [0.15, 0.2) is 0 Å². The van der Waals surface area contributed by atoms with Crippen molar-refractivity contribution in [2.24, 2.45) is 5.73 Å². The van der Waals surface area contributed by atoms with Crippen molar-refractivity contribution in [1.82, 2.24) is 9.88 Å². The van der Waals surface area contributed by atoms with Crippen LogP contribution in [0.15, 0.2) is 12.3 Å². The molecule has 1 aromatic heterocycles. The van der Waals surface area contributed by atoms with Gasteiger partial charge in [0, 0.05) is 24.4 Å². The van der Waals surface area contributed by atoms with Crippen molar-refractivity contribution >= 4 is 0 Å². The van der Waals surface area contributed by atoms with Gasteiger partial charge in [-0.3, -0.25) is 4.98 Å². The van der Waals surface area contributed by atoms with Gasteiger partial charge in [0.1, 0.15) is 0 Å². The predicted octanol–water partition coefficient (Wildman–Crippen LogP) is 1.32. The third-order valence-corrected chi connectivity index (χ3v) is 4.21. The van der Waals surface area contributed by atoms with Crippen LogP contribution in [0, 0.1) is 0 Å². The van der Waals surface area contributed by atoms with E-state index in [-0.39, 0.29) is 0 Å². The number of rotatable bonds is 1. The summed E-state index contributed by atoms with van der Waals surface area (Å²) in [5.74, 6) is 0.709. The third-order valence-electron chi connectivity index (χ3n) is 4.21. The van der Waals surface area contributed by atoms with Crippen molar-refractivity contribution in [2.45, 2.75) is 37.6 Å². The molecule has 3 nitrogen and oxygen atoms in total. The highest BCUT2D eigenvalue weighted by Gasteiger charge is 2.23. The normalized spacial score (nSPS) is 26.1. The number of fused-ring (bicyclic) bond motifs is 1. The minimum Gasteiger partial charge on any atom is -0.327 e. The second kappa shape index (κ2) is 4.39. The maximum atomic E-state index is 5.99. The van der Waals surface area contributed by atoms with E-state index in [9.17, 15) is 0 Å². The molecule has 1 saturated heterocycles. The SMILES string of the molecule is CN1CCC(c2cnc3c(c2)CC(N)C3)CC1. The number of likely N-dealkylation sites (tertiary alicyclic amines) is 1. The van der Waals surface area contributed by atoms with Crippen LogP contribution in [0.4, 0.5) is 0 Å². The van der Waals surface area contributed by atoms with Crippen molar-refractivity contribution in [2.75, 3.05) is 20.1 Å². The zero-order valence-corrected chi connectivity index (χ0v) is 10.5. The van der Waals surface area contributed by atoms with Crippen molar-refractivity contribution in [1.29, 1.82) is 0 Å². The average molecular weight is 231 g/mol. The maximum Gasteiger partial charge on any atom is 0.0451 e. The van der Waals surface area contributed by atoms with Crippen molar-refractivity contribution in [3.8, 4) is 0 Å². The van der Waals surface area contributed by atoms with Gasteiger partial charge in [-0.15, -0.1) is 0 Å². The summed E-state index contributed by atoms with van der Waals surface area (Å²) in [5, 5.41) is 0. The van der Waals surface area contributed by atoms with Gasteiger partial charge in [-0.2, -0.15) is 0 Å². The molecule has 0 spiro atoms. The second-order valence-corrected chi connectivity index (χ2v) is 5.62. The van der Waals surface area contributed by atoms with Crippen molar-refractivity contribution in [3.05, 3.63) is 29.1 Å². The highest BCUT2D eigenvalue weighted by molar-refractivity contribution is 5.32. The molecular formula is C14H21N3. The lowest BCUT2D eigenvalue weighted by atomic mass is 9.90. The first-order chi connectivity index (χ1) is 8.22. The Morgan fingerprint density at radius 2 is 2.06 bits per heavy atom. The Balaban J connectivity index is 1.78. The molecule has 1 aliphatic heterocycles. The highest BCUT2D eigenvalue weighted by atomic mass is 15.1. The first kappa shape index (κ1) is 11.2. The smallest absolute Gasteiger partial charge is 0.0451 e. The fourth-order valence-electron chi connectivity index (χ4n) is 3.09. The average Bonchev–Trinajstić information content (AvgIpc) is 2.69. The Morgan fingerprint density at radius 3 is 2.82 bits per heavy atom. The number of nitrogens with two attached hydrogens (primary N) is 1. The van der Waals surface area contributed by atoms with Crippen molar-refractivity contribution in [3.63, 3.8) is 0 Å². The van der Waals surface area contributed by atoms with Gasteiger partial charge in [-0.1, -0.05) is 6.07 Å². The molecule has 1 aliphatic carbocycles. The molecular weight excluding hydrogens is 210 g/mol. The van der Waals surface area contributed by atoms with E-state index in [0.717, 1.165) is 12.8 Å². The number of piperidine rings is 1. The lowest BCUT2D eigenvalue weighted by Gasteiger charge is -2.29. The summed E-state index contributed by atoms with van der Waals surface area (Å²) in [6.45, 7) is 2.42. The van der Waals surface area contributed by atoms with Gasteiger partial charge in [0.25, 0.3) is 0 Å². The van der Waals surface area contributed by atoms with Gasteiger partial charge in [0.05, 0.1) is 0 Å². The molecule has 1 fully saturated rings. The zero-order valence-electron chi connectivity index (χ0n) is 10.5. The van der Waals surface area contributed by atoms with Crippen molar-refractivity contribution < 1.29 is 0 Å². The fraction of sp³-hybridized carbons (Fsp3) is 0.643. The van der Waals surface area contributed by atoms with Crippen LogP contribution in [0.5, 0.6) is 0 Å². The van der Waals surface area contributed by atoms with Crippen LogP contribution in [0.1, 0.15) is 35.6 Å². The predicted molar refractivity (Wildman–Crippen MR) is 69.1 cm³/mol. The van der Waals surface area contributed by atoms with E-state index in [1.807, 2.05) is 0 Å². The summed E-state index contributed by atoms with van der Waals surface area (Å²) >= 11 is 0. The number of aromatic nitrogens is 1. The standard InChI is InChI=1S/C14H21N3/c1-17-4-2-10(3-5-17)12-6-11-7-13(15)8-14(11)16-9-12/h6,9-10,13H,2-5,7-8,15H2,1H3. The Kier molecular flexibility index (Phi) is 2.89. The van der Waals surface area contributed by atoms with Crippen LogP contribution >= 0.6 is 0 Å². The lowest BCUT2D eigenvalue weighted by molar-refractivity contribution is 0.255. The molecule has 1 atom stereocenters. The van der Waals surface area contributed by atoms with E-state index in [1.165, 1.54) is 42.8 Å². The quantitative estimate of drug-likeness (QED) is 0.792. The zero-order chi connectivity index (χ0) is 11.8. The Bertz CT molecular complexity index is 408. The fourth-order valence-corrected chi connectivity index (χ4v) is 3.09. The number of nitrogens with zero attached hydrogens (tertiary/aromatic N) is 2. The molecule has 2 N–H and O–H groups in total. The monoisotopic (exact) mass is 231 g/mol. The largest absolute Gasteiger partial charge is 0.327 e. The van der Waals surface area contributed by atoms with Crippen LogP contribution < -0.4 is 5.73 Å². The van der Waals surface area contributed by atoms with Crippen LogP contribution in [0.2, 0.25) is 0 Å². The van der Waals surface area contributed by atoms with Crippen LogP contribution in [-0.2, 0) is 12.8 Å². The lowest BCUT2D eigenvalue weighted by Crippen LogP contribution is -2.29. The Hall–Kier alpha value is -0.930. The molecule has 17 heavy (non-hydrogen) atoms. The minimum absolute atomic E-state index is 0.297. The first-order valence-electron chi connectivity index (χ1n) is 6.64. The molecule has 0 amide bonds.